The first-order valence-corrected chi connectivity index (χ1v) is 11.0. The van der Waals surface area contributed by atoms with Crippen LogP contribution in [0.2, 0.25) is 10.0 Å². The minimum Gasteiger partial charge on any atom is -0.423 e. The molecule has 1 saturated heterocycles. The molecule has 2 amide bonds. The standard InChI is InChI=1S/C21H13Cl2NO8S/c1-9(25)30-20-13(22)7-10-6-12(21(29)31-19(10)18(20)23)14-3-2-11(33-14)8-17(28)32-24-15(26)4-5-16(24)27/h2-3,6-7H,4-5,8H2,1H3. The molecule has 1 aliphatic heterocycles. The summed E-state index contributed by atoms with van der Waals surface area (Å²) in [5, 5.41) is 0.822. The molecule has 0 saturated carbocycles. The largest absolute Gasteiger partial charge is 0.423 e. The van der Waals surface area contributed by atoms with E-state index in [9.17, 15) is 24.0 Å². The fourth-order valence-electron chi connectivity index (χ4n) is 3.14. The Hall–Kier alpha value is -3.21. The number of rotatable bonds is 5. The summed E-state index contributed by atoms with van der Waals surface area (Å²) in [6.45, 7) is 1.18. The quantitative estimate of drug-likeness (QED) is 0.219. The molecule has 0 aliphatic carbocycles. The molecule has 0 N–H and O–H groups in total. The van der Waals surface area contributed by atoms with Gasteiger partial charge in [-0.3, -0.25) is 14.4 Å². The summed E-state index contributed by atoms with van der Waals surface area (Å²) in [7, 11) is 0. The number of hydrogen-bond acceptors (Lipinski definition) is 9. The van der Waals surface area contributed by atoms with E-state index in [0.29, 0.717) is 20.2 Å². The van der Waals surface area contributed by atoms with Gasteiger partial charge in [0.2, 0.25) is 0 Å². The molecule has 12 heteroatoms. The number of fused-ring (bicyclic) bond motifs is 1. The lowest BCUT2D eigenvalue weighted by Crippen LogP contribution is -2.32. The van der Waals surface area contributed by atoms with E-state index in [-0.39, 0.29) is 46.2 Å². The van der Waals surface area contributed by atoms with Crippen LogP contribution < -0.4 is 10.4 Å². The van der Waals surface area contributed by atoms with Crippen molar-refractivity contribution in [3.8, 4) is 16.2 Å². The molecule has 0 spiro atoms. The average molecular weight is 510 g/mol. The predicted molar refractivity (Wildman–Crippen MR) is 118 cm³/mol. The molecule has 1 aliphatic rings. The van der Waals surface area contributed by atoms with Crippen LogP contribution in [0.4, 0.5) is 0 Å². The highest BCUT2D eigenvalue weighted by atomic mass is 35.5. The Labute approximate surface area is 199 Å². The molecular formula is C21H13Cl2NO8S. The number of esters is 1. The molecule has 4 rings (SSSR count). The van der Waals surface area contributed by atoms with E-state index in [1.807, 2.05) is 0 Å². The molecule has 3 aromatic rings. The Morgan fingerprint density at radius 1 is 1.12 bits per heavy atom. The van der Waals surface area contributed by atoms with Gasteiger partial charge in [-0.1, -0.05) is 23.2 Å². The van der Waals surface area contributed by atoms with Crippen LogP contribution in [0.1, 0.15) is 24.6 Å². The zero-order chi connectivity index (χ0) is 23.9. The van der Waals surface area contributed by atoms with E-state index in [4.69, 9.17) is 37.2 Å². The lowest BCUT2D eigenvalue weighted by atomic mass is 10.1. The molecule has 9 nitrogen and oxygen atoms in total. The van der Waals surface area contributed by atoms with Gasteiger partial charge in [-0.05, 0) is 24.3 Å². The molecule has 0 atom stereocenters. The van der Waals surface area contributed by atoms with Crippen LogP contribution in [0, 0.1) is 0 Å². The van der Waals surface area contributed by atoms with E-state index in [1.165, 1.54) is 19.1 Å². The molecule has 1 fully saturated rings. The molecule has 0 unspecified atom stereocenters. The van der Waals surface area contributed by atoms with Crippen molar-refractivity contribution in [3.63, 3.8) is 0 Å². The molecule has 2 aromatic heterocycles. The van der Waals surface area contributed by atoms with Gasteiger partial charge in [0.05, 0.1) is 17.0 Å². The lowest BCUT2D eigenvalue weighted by molar-refractivity contribution is -0.196. The van der Waals surface area contributed by atoms with Crippen molar-refractivity contribution in [2.45, 2.75) is 26.2 Å². The number of thiophene rings is 1. The third-order valence-corrected chi connectivity index (χ3v) is 6.31. The van der Waals surface area contributed by atoms with Crippen LogP contribution in [0.15, 0.2) is 33.5 Å². The number of ether oxygens (including phenoxy) is 1. The normalized spacial score (nSPS) is 13.6. The number of carbonyl (C=O) groups excluding carboxylic acids is 4. The summed E-state index contributed by atoms with van der Waals surface area (Å²) in [6, 6.07) is 6.20. The molecule has 170 valence electrons. The summed E-state index contributed by atoms with van der Waals surface area (Å²) >= 11 is 13.5. The number of nitrogens with zero attached hydrogens (tertiary/aromatic N) is 1. The number of hydroxylamine groups is 2. The number of carbonyl (C=O) groups is 4. The second-order valence-corrected chi connectivity index (χ2v) is 8.90. The van der Waals surface area contributed by atoms with E-state index in [2.05, 4.69) is 0 Å². The maximum atomic E-state index is 12.6. The highest BCUT2D eigenvalue weighted by Gasteiger charge is 2.33. The van der Waals surface area contributed by atoms with Crippen LogP contribution in [0.5, 0.6) is 5.75 Å². The van der Waals surface area contributed by atoms with Crippen LogP contribution in [-0.4, -0.2) is 28.8 Å². The van der Waals surface area contributed by atoms with Gasteiger partial charge in [-0.2, -0.15) is 0 Å². The smallest absolute Gasteiger partial charge is 0.345 e. The first-order chi connectivity index (χ1) is 15.6. The van der Waals surface area contributed by atoms with Crippen molar-refractivity contribution in [1.82, 2.24) is 5.06 Å². The Morgan fingerprint density at radius 3 is 2.48 bits per heavy atom. The SMILES string of the molecule is CC(=O)Oc1c(Cl)cc2cc(-c3ccc(CC(=O)ON4C(=O)CCC4=O)s3)c(=O)oc2c1Cl. The fourth-order valence-corrected chi connectivity index (χ4v) is 4.72. The Bertz CT molecular complexity index is 1380. The number of imide groups is 1. The van der Waals surface area contributed by atoms with Crippen LogP contribution >= 0.6 is 34.5 Å². The summed E-state index contributed by atoms with van der Waals surface area (Å²) < 4.78 is 10.3. The molecule has 0 bridgehead atoms. The van der Waals surface area contributed by atoms with Crippen molar-refractivity contribution in [2.24, 2.45) is 0 Å². The minimum atomic E-state index is -0.783. The molecule has 0 radical (unpaired) electrons. The second-order valence-electron chi connectivity index (χ2n) is 6.95. The first kappa shape index (κ1) is 23.0. The summed E-state index contributed by atoms with van der Waals surface area (Å²) in [5.41, 5.74) is -0.500. The van der Waals surface area contributed by atoms with Crippen molar-refractivity contribution < 1.29 is 33.2 Å². The van der Waals surface area contributed by atoms with Gasteiger partial charge in [0.1, 0.15) is 5.02 Å². The average Bonchev–Trinajstić information content (AvgIpc) is 3.33. The molecule has 33 heavy (non-hydrogen) atoms. The zero-order valence-corrected chi connectivity index (χ0v) is 19.1. The van der Waals surface area contributed by atoms with Crippen molar-refractivity contribution in [3.05, 3.63) is 49.6 Å². The maximum Gasteiger partial charge on any atom is 0.345 e. The third-order valence-electron chi connectivity index (χ3n) is 4.56. The van der Waals surface area contributed by atoms with Crippen molar-refractivity contribution >= 4 is 69.3 Å². The van der Waals surface area contributed by atoms with E-state index in [0.717, 1.165) is 11.3 Å². The van der Waals surface area contributed by atoms with Gasteiger partial charge < -0.3 is 14.0 Å². The lowest BCUT2D eigenvalue weighted by Gasteiger charge is -2.11. The number of benzene rings is 1. The van der Waals surface area contributed by atoms with Gasteiger partial charge in [-0.25, -0.2) is 9.59 Å². The highest BCUT2D eigenvalue weighted by Crippen LogP contribution is 2.40. The minimum absolute atomic E-state index is 0.00338. The highest BCUT2D eigenvalue weighted by molar-refractivity contribution is 7.15. The van der Waals surface area contributed by atoms with Crippen LogP contribution in [-0.2, 0) is 30.4 Å². The Morgan fingerprint density at radius 2 is 1.82 bits per heavy atom. The zero-order valence-electron chi connectivity index (χ0n) is 16.8. The number of amides is 2. The topological polar surface area (TPSA) is 120 Å². The van der Waals surface area contributed by atoms with Crippen LogP contribution in [0.3, 0.4) is 0 Å². The molecule has 3 heterocycles. The molecule has 1 aromatic carbocycles. The van der Waals surface area contributed by atoms with Crippen molar-refractivity contribution in [1.29, 1.82) is 0 Å². The first-order valence-electron chi connectivity index (χ1n) is 9.44. The summed E-state index contributed by atoms with van der Waals surface area (Å²) in [5.74, 6) is -2.67. The predicted octanol–water partition coefficient (Wildman–Crippen LogP) is 3.90. The summed E-state index contributed by atoms with van der Waals surface area (Å²) in [6.07, 6.45) is -0.198. The monoisotopic (exact) mass is 509 g/mol. The number of hydrogen-bond donors (Lipinski definition) is 0. The van der Waals surface area contributed by atoms with Gasteiger partial charge in [0.15, 0.2) is 11.3 Å². The summed E-state index contributed by atoms with van der Waals surface area (Å²) in [4.78, 5) is 65.0. The van der Waals surface area contributed by atoms with Gasteiger partial charge in [0, 0.05) is 34.9 Å². The Kier molecular flexibility index (Phi) is 6.24. The van der Waals surface area contributed by atoms with E-state index in [1.54, 1.807) is 12.1 Å². The third kappa shape index (κ3) is 4.63. The van der Waals surface area contributed by atoms with Gasteiger partial charge in [-0.15, -0.1) is 16.4 Å². The fraction of sp³-hybridized carbons (Fsp3) is 0.190. The van der Waals surface area contributed by atoms with Crippen LogP contribution in [0.25, 0.3) is 21.4 Å². The molecular weight excluding hydrogens is 497 g/mol. The van der Waals surface area contributed by atoms with E-state index >= 15 is 0 Å². The van der Waals surface area contributed by atoms with Crippen molar-refractivity contribution in [2.75, 3.05) is 0 Å². The van der Waals surface area contributed by atoms with Gasteiger partial charge >= 0.3 is 17.6 Å². The van der Waals surface area contributed by atoms with E-state index < -0.39 is 29.4 Å². The van der Waals surface area contributed by atoms with Gasteiger partial charge in [0.25, 0.3) is 11.8 Å². The Balaban J connectivity index is 1.59. The maximum absolute atomic E-state index is 12.6. The number of halogens is 2. The second kappa shape index (κ2) is 8.97.